The fraction of sp³-hybridized carbons (Fsp3) is 0.900. The molecule has 1 aliphatic rings. The van der Waals surface area contributed by atoms with Crippen molar-refractivity contribution in [1.29, 1.82) is 0 Å². The van der Waals surface area contributed by atoms with Crippen LogP contribution < -0.4 is 10.5 Å². The van der Waals surface area contributed by atoms with E-state index >= 15 is 0 Å². The van der Waals surface area contributed by atoms with Gasteiger partial charge >= 0.3 is 16.4 Å². The Balaban J connectivity index is 2.32. The summed E-state index contributed by atoms with van der Waals surface area (Å²) in [6.07, 6.45) is -0.453. The summed E-state index contributed by atoms with van der Waals surface area (Å²) in [5, 5.41) is 0. The van der Waals surface area contributed by atoms with Crippen LogP contribution in [0.5, 0.6) is 0 Å². The molecule has 3 N–H and O–H groups in total. The highest BCUT2D eigenvalue weighted by atomic mass is 32.2. The number of carbonyl (C=O) groups excluding carboxylic acids is 1. The van der Waals surface area contributed by atoms with Gasteiger partial charge in [0.25, 0.3) is 0 Å². The molecule has 0 saturated carbocycles. The lowest BCUT2D eigenvalue weighted by atomic mass is 10.1. The van der Waals surface area contributed by atoms with Crippen LogP contribution in [0.3, 0.4) is 0 Å². The first-order chi connectivity index (χ1) is 8.63. The smallest absolute Gasteiger partial charge is 0.410 e. The Bertz CT molecular complexity index is 411. The minimum Gasteiger partial charge on any atom is -0.444 e. The number of likely N-dealkylation sites (tertiary alicyclic amines) is 1. The van der Waals surface area contributed by atoms with Gasteiger partial charge in [0, 0.05) is 19.6 Å². The summed E-state index contributed by atoms with van der Waals surface area (Å²) < 4.78 is 34.8. The zero-order valence-electron chi connectivity index (χ0n) is 11.4. The molecule has 8 nitrogen and oxygen atoms in total. The fourth-order valence-electron chi connectivity index (χ4n) is 1.42. The molecule has 19 heavy (non-hydrogen) atoms. The molecule has 112 valence electrons. The summed E-state index contributed by atoms with van der Waals surface area (Å²) in [4.78, 5) is 13.0. The number of nitrogens with two attached hydrogens (primary N) is 1. The molecule has 0 atom stereocenters. The number of nitrogens with one attached hydrogen (secondary N) is 1. The van der Waals surface area contributed by atoms with Crippen molar-refractivity contribution >= 4 is 16.4 Å². The summed E-state index contributed by atoms with van der Waals surface area (Å²) in [5.74, 6) is 0. The Morgan fingerprint density at radius 1 is 1.42 bits per heavy atom. The van der Waals surface area contributed by atoms with Crippen LogP contribution in [0.4, 0.5) is 4.79 Å². The van der Waals surface area contributed by atoms with Crippen molar-refractivity contribution in [2.45, 2.75) is 32.4 Å². The molecule has 0 unspecified atom stereocenters. The largest absolute Gasteiger partial charge is 0.444 e. The predicted molar refractivity (Wildman–Crippen MR) is 68.7 cm³/mol. The standard InChI is InChI=1S/C10H21N3O5S/c1-10(2,3)18-9(14)13-6-8(7-13)12-19(15,16)17-5-4-11/h8,12H,4-7,11H2,1-3H3. The van der Waals surface area contributed by atoms with E-state index < -0.39 is 22.0 Å². The number of hydrogen-bond acceptors (Lipinski definition) is 6. The van der Waals surface area contributed by atoms with E-state index in [4.69, 9.17) is 10.5 Å². The molecule has 1 rings (SSSR count). The highest BCUT2D eigenvalue weighted by molar-refractivity contribution is 7.84. The molecule has 1 heterocycles. The maximum absolute atomic E-state index is 11.6. The molecular weight excluding hydrogens is 274 g/mol. The van der Waals surface area contributed by atoms with E-state index in [2.05, 4.69) is 8.91 Å². The molecule has 1 aliphatic heterocycles. The molecule has 1 amide bonds. The maximum atomic E-state index is 11.6. The molecule has 0 aromatic carbocycles. The number of rotatable bonds is 5. The van der Waals surface area contributed by atoms with Gasteiger partial charge in [-0.3, -0.25) is 4.18 Å². The lowest BCUT2D eigenvalue weighted by Gasteiger charge is -2.39. The van der Waals surface area contributed by atoms with Gasteiger partial charge in [-0.25, -0.2) is 4.79 Å². The molecule has 0 aromatic heterocycles. The third-order valence-electron chi connectivity index (χ3n) is 2.20. The summed E-state index contributed by atoms with van der Waals surface area (Å²) in [6.45, 7) is 5.89. The van der Waals surface area contributed by atoms with Gasteiger partial charge in [0.1, 0.15) is 5.60 Å². The number of ether oxygens (including phenoxy) is 1. The molecular formula is C10H21N3O5S. The minimum atomic E-state index is -3.80. The molecule has 0 aromatic rings. The van der Waals surface area contributed by atoms with Crippen molar-refractivity contribution in [3.8, 4) is 0 Å². The van der Waals surface area contributed by atoms with Crippen LogP contribution in [0.25, 0.3) is 0 Å². The SMILES string of the molecule is CC(C)(C)OC(=O)N1CC(NS(=O)(=O)OCCN)C1. The van der Waals surface area contributed by atoms with E-state index in [0.29, 0.717) is 0 Å². The third-order valence-corrected chi connectivity index (χ3v) is 3.30. The Kier molecular flexibility index (Phi) is 5.13. The normalized spacial score (nSPS) is 17.2. The van der Waals surface area contributed by atoms with E-state index in [1.54, 1.807) is 20.8 Å². The van der Waals surface area contributed by atoms with Crippen LogP contribution in [-0.2, 0) is 19.2 Å². The van der Waals surface area contributed by atoms with Crippen LogP contribution in [0.2, 0.25) is 0 Å². The first-order valence-corrected chi connectivity index (χ1v) is 7.38. The van der Waals surface area contributed by atoms with E-state index in [9.17, 15) is 13.2 Å². The van der Waals surface area contributed by atoms with Gasteiger partial charge in [-0.05, 0) is 20.8 Å². The van der Waals surface area contributed by atoms with Crippen molar-refractivity contribution in [3.63, 3.8) is 0 Å². The molecule has 0 radical (unpaired) electrons. The van der Waals surface area contributed by atoms with Crippen molar-refractivity contribution in [3.05, 3.63) is 0 Å². The number of carbonyl (C=O) groups is 1. The first-order valence-electron chi connectivity index (χ1n) is 5.97. The predicted octanol–water partition coefficient (Wildman–Crippen LogP) is -0.585. The molecule has 0 spiro atoms. The van der Waals surface area contributed by atoms with E-state index in [-0.39, 0.29) is 32.3 Å². The summed E-state index contributed by atoms with van der Waals surface area (Å²) in [6, 6.07) is -0.352. The summed E-state index contributed by atoms with van der Waals surface area (Å²) in [7, 11) is -3.80. The minimum absolute atomic E-state index is 0.0716. The summed E-state index contributed by atoms with van der Waals surface area (Å²) in [5.41, 5.74) is 4.58. The Labute approximate surface area is 113 Å². The van der Waals surface area contributed by atoms with E-state index in [0.717, 1.165) is 0 Å². The Morgan fingerprint density at radius 2 is 2.00 bits per heavy atom. The molecule has 0 bridgehead atoms. The zero-order valence-corrected chi connectivity index (χ0v) is 12.2. The van der Waals surface area contributed by atoms with Crippen LogP contribution >= 0.6 is 0 Å². The number of hydrogen-bond donors (Lipinski definition) is 2. The molecule has 1 saturated heterocycles. The van der Waals surface area contributed by atoms with Crippen LogP contribution in [0, 0.1) is 0 Å². The van der Waals surface area contributed by atoms with E-state index in [1.165, 1.54) is 4.90 Å². The van der Waals surface area contributed by atoms with Gasteiger partial charge in [0.05, 0.1) is 12.6 Å². The average Bonchev–Trinajstić information content (AvgIpc) is 2.17. The van der Waals surface area contributed by atoms with Crippen molar-refractivity contribution in [2.75, 3.05) is 26.2 Å². The summed E-state index contributed by atoms with van der Waals surface area (Å²) >= 11 is 0. The van der Waals surface area contributed by atoms with Crippen LogP contribution in [-0.4, -0.2) is 57.3 Å². The Morgan fingerprint density at radius 3 is 2.47 bits per heavy atom. The van der Waals surface area contributed by atoms with Gasteiger partial charge in [-0.2, -0.15) is 13.1 Å². The van der Waals surface area contributed by atoms with Crippen molar-refractivity contribution in [1.82, 2.24) is 9.62 Å². The third kappa shape index (κ3) is 5.72. The van der Waals surface area contributed by atoms with Crippen molar-refractivity contribution in [2.24, 2.45) is 5.73 Å². The van der Waals surface area contributed by atoms with Gasteiger partial charge in [-0.1, -0.05) is 0 Å². The van der Waals surface area contributed by atoms with Gasteiger partial charge in [0.2, 0.25) is 0 Å². The lowest BCUT2D eigenvalue weighted by molar-refractivity contribution is 0.00706. The number of nitrogens with zero attached hydrogens (tertiary/aromatic N) is 1. The average molecular weight is 295 g/mol. The zero-order chi connectivity index (χ0) is 14.7. The second kappa shape index (κ2) is 6.04. The lowest BCUT2D eigenvalue weighted by Crippen LogP contribution is -2.61. The van der Waals surface area contributed by atoms with Gasteiger partial charge in [0.15, 0.2) is 0 Å². The van der Waals surface area contributed by atoms with E-state index in [1.807, 2.05) is 0 Å². The highest BCUT2D eigenvalue weighted by Crippen LogP contribution is 2.15. The first kappa shape index (κ1) is 16.2. The van der Waals surface area contributed by atoms with Gasteiger partial charge < -0.3 is 15.4 Å². The quantitative estimate of drug-likeness (QED) is 0.701. The van der Waals surface area contributed by atoms with Crippen LogP contribution in [0.1, 0.15) is 20.8 Å². The second-order valence-electron chi connectivity index (χ2n) is 5.26. The topological polar surface area (TPSA) is 111 Å². The van der Waals surface area contributed by atoms with Crippen LogP contribution in [0.15, 0.2) is 0 Å². The molecule has 1 fully saturated rings. The van der Waals surface area contributed by atoms with Crippen molar-refractivity contribution < 1.29 is 22.1 Å². The van der Waals surface area contributed by atoms with Gasteiger partial charge in [-0.15, -0.1) is 0 Å². The number of amides is 1. The maximum Gasteiger partial charge on any atom is 0.410 e. The second-order valence-corrected chi connectivity index (χ2v) is 6.64. The molecule has 9 heteroatoms. The highest BCUT2D eigenvalue weighted by Gasteiger charge is 2.36. The monoisotopic (exact) mass is 295 g/mol. The Hall–Kier alpha value is -0.900. The fourth-order valence-corrected chi connectivity index (χ4v) is 2.37. The molecule has 0 aliphatic carbocycles.